The van der Waals surface area contributed by atoms with Crippen molar-refractivity contribution in [3.05, 3.63) is 78.1 Å². The van der Waals surface area contributed by atoms with Gasteiger partial charge in [-0.2, -0.15) is 4.31 Å². The summed E-state index contributed by atoms with van der Waals surface area (Å²) in [6.07, 6.45) is 0.456. The van der Waals surface area contributed by atoms with E-state index < -0.39 is 15.8 Å². The molecular formula is C22H20F2N2O4S. The zero-order valence-corrected chi connectivity index (χ0v) is 17.3. The van der Waals surface area contributed by atoms with Crippen molar-refractivity contribution < 1.29 is 26.4 Å². The van der Waals surface area contributed by atoms with Gasteiger partial charge in [0.2, 0.25) is 10.0 Å². The van der Waals surface area contributed by atoms with Crippen molar-refractivity contribution in [1.82, 2.24) is 9.21 Å². The summed E-state index contributed by atoms with van der Waals surface area (Å²) in [5.74, 6) is -0.636. The highest BCUT2D eigenvalue weighted by atomic mass is 32.2. The fraction of sp³-hybridized carbons (Fsp3) is 0.227. The highest BCUT2D eigenvalue weighted by Gasteiger charge is 2.29. The maximum Gasteiger partial charge on any atom is 0.289 e. The molecular weight excluding hydrogens is 426 g/mol. The third kappa shape index (κ3) is 4.52. The van der Waals surface area contributed by atoms with Gasteiger partial charge < -0.3 is 9.32 Å². The summed E-state index contributed by atoms with van der Waals surface area (Å²) in [6, 6.07) is 13.6. The first-order valence-corrected chi connectivity index (χ1v) is 11.2. The van der Waals surface area contributed by atoms with Crippen molar-refractivity contribution in [2.24, 2.45) is 0 Å². The third-order valence-corrected chi connectivity index (χ3v) is 7.05. The van der Waals surface area contributed by atoms with Crippen molar-refractivity contribution in [1.29, 1.82) is 0 Å². The molecule has 3 aromatic rings. The number of sulfonamides is 1. The van der Waals surface area contributed by atoms with Crippen LogP contribution in [0.1, 0.15) is 17.0 Å². The molecule has 1 aromatic heterocycles. The summed E-state index contributed by atoms with van der Waals surface area (Å²) < 4.78 is 58.9. The summed E-state index contributed by atoms with van der Waals surface area (Å²) in [6.45, 7) is 0.951. The average molecular weight is 446 g/mol. The van der Waals surface area contributed by atoms with Crippen LogP contribution < -0.4 is 0 Å². The topological polar surface area (TPSA) is 70.8 Å². The van der Waals surface area contributed by atoms with E-state index in [0.717, 1.165) is 12.1 Å². The second-order valence-electron chi connectivity index (χ2n) is 7.17. The summed E-state index contributed by atoms with van der Waals surface area (Å²) >= 11 is 0. The molecule has 1 amide bonds. The Morgan fingerprint density at radius 3 is 2.13 bits per heavy atom. The van der Waals surface area contributed by atoms with Crippen LogP contribution in [0.4, 0.5) is 8.78 Å². The van der Waals surface area contributed by atoms with Gasteiger partial charge in [-0.25, -0.2) is 17.2 Å². The van der Waals surface area contributed by atoms with Crippen LogP contribution >= 0.6 is 0 Å². The number of carbonyl (C=O) groups is 1. The molecule has 162 valence electrons. The molecule has 4 rings (SSSR count). The first-order valence-electron chi connectivity index (χ1n) is 9.75. The van der Waals surface area contributed by atoms with Gasteiger partial charge in [0.25, 0.3) is 5.91 Å². The van der Waals surface area contributed by atoms with Crippen LogP contribution in [-0.2, 0) is 10.0 Å². The zero-order chi connectivity index (χ0) is 22.0. The number of benzene rings is 2. The van der Waals surface area contributed by atoms with Crippen LogP contribution in [0.3, 0.4) is 0 Å². The van der Waals surface area contributed by atoms with E-state index in [2.05, 4.69) is 0 Å². The van der Waals surface area contributed by atoms with Crippen LogP contribution in [0.15, 0.2) is 70.0 Å². The average Bonchev–Trinajstić information content (AvgIpc) is 3.11. The molecule has 1 saturated heterocycles. The number of carbonyl (C=O) groups excluding carboxylic acids is 1. The fourth-order valence-electron chi connectivity index (χ4n) is 3.47. The SMILES string of the molecule is O=C(c1ccc(-c2ccc(F)cc2)o1)N1CCCN(S(=O)(=O)c2ccc(F)cc2)CC1. The third-order valence-electron chi connectivity index (χ3n) is 5.14. The Kier molecular flexibility index (Phi) is 5.88. The van der Waals surface area contributed by atoms with Crippen molar-refractivity contribution in [2.45, 2.75) is 11.3 Å². The predicted molar refractivity (Wildman–Crippen MR) is 110 cm³/mol. The number of hydrogen-bond donors (Lipinski definition) is 0. The van der Waals surface area contributed by atoms with E-state index in [1.165, 1.54) is 28.6 Å². The van der Waals surface area contributed by atoms with E-state index in [-0.39, 0.29) is 42.0 Å². The van der Waals surface area contributed by atoms with Crippen molar-refractivity contribution in [3.8, 4) is 11.3 Å². The highest BCUT2D eigenvalue weighted by molar-refractivity contribution is 7.89. The van der Waals surface area contributed by atoms with E-state index in [4.69, 9.17) is 4.42 Å². The molecule has 0 saturated carbocycles. The first-order chi connectivity index (χ1) is 14.8. The number of amides is 1. The standard InChI is InChI=1S/C22H20F2N2O4S/c23-17-4-2-16(3-5-17)20-10-11-21(30-20)22(27)25-12-1-13-26(15-14-25)31(28,29)19-8-6-18(24)7-9-19/h2-11H,1,12-15H2. The summed E-state index contributed by atoms with van der Waals surface area (Å²) in [5.41, 5.74) is 0.646. The van der Waals surface area contributed by atoms with Gasteiger partial charge >= 0.3 is 0 Å². The van der Waals surface area contributed by atoms with Gasteiger partial charge in [0.1, 0.15) is 17.4 Å². The van der Waals surface area contributed by atoms with Crippen LogP contribution in [-0.4, -0.2) is 49.7 Å². The molecule has 0 spiro atoms. The van der Waals surface area contributed by atoms with Gasteiger partial charge in [0, 0.05) is 31.7 Å². The minimum atomic E-state index is -3.78. The lowest BCUT2D eigenvalue weighted by Crippen LogP contribution is -2.37. The first kappa shape index (κ1) is 21.2. The number of rotatable bonds is 4. The van der Waals surface area contributed by atoms with Crippen LogP contribution in [0, 0.1) is 11.6 Å². The Labute approximate surface area is 178 Å². The molecule has 2 heterocycles. The van der Waals surface area contributed by atoms with E-state index in [0.29, 0.717) is 24.3 Å². The molecule has 0 atom stereocenters. The summed E-state index contributed by atoms with van der Waals surface area (Å²) in [7, 11) is -3.78. The number of furan rings is 1. The molecule has 1 aliphatic rings. The fourth-order valence-corrected chi connectivity index (χ4v) is 4.94. The van der Waals surface area contributed by atoms with E-state index in [1.54, 1.807) is 29.2 Å². The number of halogens is 2. The van der Waals surface area contributed by atoms with Crippen molar-refractivity contribution in [2.75, 3.05) is 26.2 Å². The molecule has 1 aliphatic heterocycles. The molecule has 6 nitrogen and oxygen atoms in total. The van der Waals surface area contributed by atoms with Gasteiger partial charge in [0.15, 0.2) is 5.76 Å². The Hall–Kier alpha value is -3.04. The van der Waals surface area contributed by atoms with Gasteiger partial charge in [-0.05, 0) is 67.1 Å². The molecule has 0 bridgehead atoms. The molecule has 0 unspecified atom stereocenters. The lowest BCUT2D eigenvalue weighted by atomic mass is 10.2. The minimum Gasteiger partial charge on any atom is -0.451 e. The monoisotopic (exact) mass is 446 g/mol. The lowest BCUT2D eigenvalue weighted by molar-refractivity contribution is 0.0733. The van der Waals surface area contributed by atoms with Crippen molar-refractivity contribution in [3.63, 3.8) is 0 Å². The molecule has 0 aliphatic carbocycles. The maximum absolute atomic E-state index is 13.1. The van der Waals surface area contributed by atoms with Gasteiger partial charge in [-0.1, -0.05) is 0 Å². The molecule has 2 aromatic carbocycles. The van der Waals surface area contributed by atoms with Crippen molar-refractivity contribution >= 4 is 15.9 Å². The Morgan fingerprint density at radius 1 is 0.806 bits per heavy atom. The second-order valence-corrected chi connectivity index (χ2v) is 9.11. The van der Waals surface area contributed by atoms with E-state index in [9.17, 15) is 22.0 Å². The van der Waals surface area contributed by atoms with Crippen LogP contribution in [0.5, 0.6) is 0 Å². The van der Waals surface area contributed by atoms with Gasteiger partial charge in [-0.3, -0.25) is 4.79 Å². The summed E-state index contributed by atoms with van der Waals surface area (Å²) in [4.78, 5) is 14.4. The lowest BCUT2D eigenvalue weighted by Gasteiger charge is -2.21. The smallest absolute Gasteiger partial charge is 0.289 e. The maximum atomic E-state index is 13.1. The molecule has 31 heavy (non-hydrogen) atoms. The molecule has 0 N–H and O–H groups in total. The Balaban J connectivity index is 1.46. The Bertz CT molecular complexity index is 1170. The molecule has 0 radical (unpaired) electrons. The largest absolute Gasteiger partial charge is 0.451 e. The van der Waals surface area contributed by atoms with Crippen LogP contribution in [0.25, 0.3) is 11.3 Å². The predicted octanol–water partition coefficient (Wildman–Crippen LogP) is 3.76. The van der Waals surface area contributed by atoms with Gasteiger partial charge in [0.05, 0.1) is 4.90 Å². The second kappa shape index (κ2) is 8.60. The normalized spacial score (nSPS) is 15.6. The Morgan fingerprint density at radius 2 is 1.45 bits per heavy atom. The zero-order valence-electron chi connectivity index (χ0n) is 16.5. The van der Waals surface area contributed by atoms with Gasteiger partial charge in [-0.15, -0.1) is 0 Å². The van der Waals surface area contributed by atoms with Crippen LogP contribution in [0.2, 0.25) is 0 Å². The highest BCUT2D eigenvalue weighted by Crippen LogP contribution is 2.24. The number of nitrogens with zero attached hydrogens (tertiary/aromatic N) is 2. The quantitative estimate of drug-likeness (QED) is 0.612. The minimum absolute atomic E-state index is 0.0173. The number of hydrogen-bond acceptors (Lipinski definition) is 4. The summed E-state index contributed by atoms with van der Waals surface area (Å²) in [5, 5.41) is 0. The molecule has 9 heteroatoms. The molecule has 1 fully saturated rings. The van der Waals surface area contributed by atoms with E-state index >= 15 is 0 Å². The van der Waals surface area contributed by atoms with E-state index in [1.807, 2.05) is 0 Å².